The van der Waals surface area contributed by atoms with E-state index in [-0.39, 0.29) is 19.3 Å². The first-order chi connectivity index (χ1) is 18.0. The summed E-state index contributed by atoms with van der Waals surface area (Å²) in [5.74, 6) is 0.547. The Kier molecular flexibility index (Phi) is 8.01. The molecule has 9 heteroatoms. The minimum atomic E-state index is -0.816. The van der Waals surface area contributed by atoms with Gasteiger partial charge in [-0.1, -0.05) is 44.2 Å². The lowest BCUT2D eigenvalue weighted by molar-refractivity contribution is -0.123. The minimum absolute atomic E-state index is 0.108. The van der Waals surface area contributed by atoms with Gasteiger partial charge in [-0.2, -0.15) is 10.4 Å². The van der Waals surface area contributed by atoms with Crippen LogP contribution in [0.15, 0.2) is 71.8 Å². The highest BCUT2D eigenvalue weighted by molar-refractivity contribution is 5.98. The lowest BCUT2D eigenvalue weighted by Gasteiger charge is -2.20. The number of nitriles is 1. The fourth-order valence-corrected chi connectivity index (χ4v) is 3.66. The molecular weight excluding hydrogens is 472 g/mol. The van der Waals surface area contributed by atoms with Crippen LogP contribution in [-0.2, 0) is 11.4 Å². The third kappa shape index (κ3) is 6.24. The Morgan fingerprint density at radius 2 is 1.84 bits per heavy atom. The maximum atomic E-state index is 12.8. The van der Waals surface area contributed by atoms with Crippen LogP contribution >= 0.6 is 0 Å². The number of carbonyl (C=O) groups is 2. The van der Waals surface area contributed by atoms with Gasteiger partial charge in [-0.05, 0) is 42.3 Å². The van der Waals surface area contributed by atoms with Crippen molar-refractivity contribution in [2.75, 3.05) is 6.79 Å². The van der Waals surface area contributed by atoms with E-state index < -0.39 is 17.9 Å². The number of para-hydroxylation sites is 1. The zero-order valence-corrected chi connectivity index (χ0v) is 20.4. The average Bonchev–Trinajstić information content (AvgIpc) is 3.39. The van der Waals surface area contributed by atoms with Gasteiger partial charge in [-0.15, -0.1) is 0 Å². The number of nitrogens with one attached hydrogen (secondary N) is 2. The Morgan fingerprint density at radius 3 is 2.65 bits per heavy atom. The van der Waals surface area contributed by atoms with Gasteiger partial charge in [0.25, 0.3) is 11.8 Å². The Balaban J connectivity index is 1.38. The number of carbonyl (C=O) groups excluding carboxylic acids is 2. The average molecular weight is 499 g/mol. The number of hydrogen-bond donors (Lipinski definition) is 2. The fraction of sp³-hybridized carbons (Fsp3) is 0.214. The molecular formula is C28H26N4O5. The van der Waals surface area contributed by atoms with Crippen molar-refractivity contribution >= 4 is 18.0 Å². The highest BCUT2D eigenvalue weighted by atomic mass is 16.7. The molecule has 1 heterocycles. The van der Waals surface area contributed by atoms with E-state index >= 15 is 0 Å². The Hall–Kier alpha value is -4.84. The molecule has 37 heavy (non-hydrogen) atoms. The van der Waals surface area contributed by atoms with Crippen LogP contribution in [0.2, 0.25) is 0 Å². The van der Waals surface area contributed by atoms with E-state index in [0.29, 0.717) is 33.9 Å². The maximum absolute atomic E-state index is 12.8. The minimum Gasteiger partial charge on any atom is -0.488 e. The molecule has 0 saturated carbocycles. The molecule has 2 amide bonds. The van der Waals surface area contributed by atoms with Crippen molar-refractivity contribution in [3.8, 4) is 23.3 Å². The monoisotopic (exact) mass is 498 g/mol. The molecule has 0 aromatic heterocycles. The quantitative estimate of drug-likeness (QED) is 0.342. The zero-order valence-electron chi connectivity index (χ0n) is 20.4. The molecule has 1 unspecified atom stereocenters. The molecule has 0 bridgehead atoms. The largest absolute Gasteiger partial charge is 0.488 e. The number of nitrogens with zero attached hydrogens (tertiary/aromatic N) is 2. The zero-order chi connectivity index (χ0) is 26.2. The second-order valence-electron chi connectivity index (χ2n) is 8.59. The summed E-state index contributed by atoms with van der Waals surface area (Å²) < 4.78 is 16.5. The van der Waals surface area contributed by atoms with E-state index in [4.69, 9.17) is 14.2 Å². The Bertz CT molecular complexity index is 1360. The Morgan fingerprint density at radius 1 is 1.08 bits per heavy atom. The summed E-state index contributed by atoms with van der Waals surface area (Å²) in [5, 5.41) is 16.1. The summed E-state index contributed by atoms with van der Waals surface area (Å²) in [7, 11) is 0. The van der Waals surface area contributed by atoms with Crippen LogP contribution in [0.5, 0.6) is 17.2 Å². The maximum Gasteiger partial charge on any atom is 0.262 e. The number of fused-ring (bicyclic) bond motifs is 1. The number of benzene rings is 3. The molecule has 0 saturated heterocycles. The normalized spacial score (nSPS) is 12.7. The molecule has 0 fully saturated rings. The molecule has 2 N–H and O–H groups in total. The van der Waals surface area contributed by atoms with Crippen LogP contribution in [0.25, 0.3) is 0 Å². The molecule has 4 rings (SSSR count). The first-order valence-electron chi connectivity index (χ1n) is 11.7. The number of ether oxygens (including phenoxy) is 3. The van der Waals surface area contributed by atoms with Crippen LogP contribution in [0.4, 0.5) is 0 Å². The third-order valence-electron chi connectivity index (χ3n) is 5.69. The molecule has 0 radical (unpaired) electrons. The van der Waals surface area contributed by atoms with Gasteiger partial charge in [0, 0.05) is 16.7 Å². The molecule has 0 spiro atoms. The highest BCUT2D eigenvalue weighted by Crippen LogP contribution is 2.32. The smallest absolute Gasteiger partial charge is 0.262 e. The highest BCUT2D eigenvalue weighted by Gasteiger charge is 2.25. The molecule has 9 nitrogen and oxygen atoms in total. The summed E-state index contributed by atoms with van der Waals surface area (Å²) in [6.07, 6.45) is 1.47. The summed E-state index contributed by atoms with van der Waals surface area (Å²) >= 11 is 0. The second-order valence-corrected chi connectivity index (χ2v) is 8.59. The van der Waals surface area contributed by atoms with Crippen LogP contribution in [0.3, 0.4) is 0 Å². The second kappa shape index (κ2) is 11.7. The van der Waals surface area contributed by atoms with Crippen LogP contribution < -0.4 is 25.0 Å². The number of amides is 2. The Labute approximate surface area is 214 Å². The number of hydrazone groups is 1. The van der Waals surface area contributed by atoms with Gasteiger partial charge < -0.3 is 19.5 Å². The van der Waals surface area contributed by atoms with E-state index in [9.17, 15) is 14.9 Å². The van der Waals surface area contributed by atoms with Crippen molar-refractivity contribution in [2.24, 2.45) is 11.0 Å². The first kappa shape index (κ1) is 25.3. The van der Waals surface area contributed by atoms with Gasteiger partial charge in [0.2, 0.25) is 6.79 Å². The van der Waals surface area contributed by atoms with Gasteiger partial charge in [0.05, 0.1) is 17.8 Å². The van der Waals surface area contributed by atoms with Gasteiger partial charge in [0.1, 0.15) is 18.4 Å². The molecule has 188 valence electrons. The van der Waals surface area contributed by atoms with Gasteiger partial charge >= 0.3 is 0 Å². The molecule has 1 aliphatic heterocycles. The van der Waals surface area contributed by atoms with Crippen molar-refractivity contribution in [3.05, 3.63) is 89.0 Å². The summed E-state index contributed by atoms with van der Waals surface area (Å²) in [4.78, 5) is 25.6. The third-order valence-corrected chi connectivity index (χ3v) is 5.69. The van der Waals surface area contributed by atoms with Crippen LogP contribution in [0.1, 0.15) is 40.9 Å². The van der Waals surface area contributed by atoms with Crippen molar-refractivity contribution in [2.45, 2.75) is 26.5 Å². The first-order valence-corrected chi connectivity index (χ1v) is 11.7. The molecule has 3 aromatic rings. The number of rotatable bonds is 9. The predicted molar refractivity (Wildman–Crippen MR) is 136 cm³/mol. The van der Waals surface area contributed by atoms with Gasteiger partial charge in [-0.25, -0.2) is 5.43 Å². The van der Waals surface area contributed by atoms with Gasteiger partial charge in [-0.3, -0.25) is 9.59 Å². The summed E-state index contributed by atoms with van der Waals surface area (Å²) in [6.45, 7) is 3.98. The summed E-state index contributed by atoms with van der Waals surface area (Å²) in [6, 6.07) is 20.6. The lowest BCUT2D eigenvalue weighted by Crippen LogP contribution is -2.48. The lowest BCUT2D eigenvalue weighted by atomic mass is 10.0. The molecule has 1 atom stereocenters. The molecule has 3 aromatic carbocycles. The van der Waals surface area contributed by atoms with E-state index in [0.717, 1.165) is 5.56 Å². The van der Waals surface area contributed by atoms with Crippen molar-refractivity contribution in [1.82, 2.24) is 10.7 Å². The fourth-order valence-electron chi connectivity index (χ4n) is 3.66. The molecule has 1 aliphatic rings. The topological polar surface area (TPSA) is 122 Å². The predicted octanol–water partition coefficient (Wildman–Crippen LogP) is 3.77. The van der Waals surface area contributed by atoms with E-state index in [1.807, 2.05) is 38.1 Å². The van der Waals surface area contributed by atoms with E-state index in [1.54, 1.807) is 42.5 Å². The van der Waals surface area contributed by atoms with E-state index in [1.165, 1.54) is 6.21 Å². The van der Waals surface area contributed by atoms with Crippen LogP contribution in [0, 0.1) is 17.2 Å². The van der Waals surface area contributed by atoms with Crippen molar-refractivity contribution in [3.63, 3.8) is 0 Å². The van der Waals surface area contributed by atoms with Crippen molar-refractivity contribution < 1.29 is 23.8 Å². The van der Waals surface area contributed by atoms with Crippen LogP contribution in [-0.4, -0.2) is 30.9 Å². The van der Waals surface area contributed by atoms with E-state index in [2.05, 4.69) is 21.9 Å². The molecule has 0 aliphatic carbocycles. The van der Waals surface area contributed by atoms with Crippen molar-refractivity contribution in [1.29, 1.82) is 5.26 Å². The SMILES string of the molecule is CC(C)C(NC(=O)c1ccc2c(c1)OCO2)C(=O)N/N=C\c1ccccc1OCc1ccccc1C#N. The number of hydrogen-bond acceptors (Lipinski definition) is 7. The summed E-state index contributed by atoms with van der Waals surface area (Å²) in [5.41, 5.74) is 4.81. The van der Waals surface area contributed by atoms with Gasteiger partial charge in [0.15, 0.2) is 11.5 Å². The standard InChI is InChI=1S/C28H26N4O5/c1-18(2)26(31-27(33)19-11-12-24-25(13-19)37-17-36-24)28(34)32-30-15-21-8-5-6-10-23(21)35-16-22-9-4-3-7-20(22)14-29/h3-13,15,18,26H,16-17H2,1-2H3,(H,31,33)(H,32,34)/b30-15-.